The molecule has 0 aromatic carbocycles. The Kier molecular flexibility index (Phi) is 6.48. The standard InChI is InChI=1S/C8H18N2O3S/c1-3-5-14(12,13)6-4-10-7-8(11)9-2/h10H,3-7H2,1-2H3,(H,9,11). The van der Waals surface area contributed by atoms with Crippen molar-refractivity contribution in [2.45, 2.75) is 13.3 Å². The van der Waals surface area contributed by atoms with Crippen molar-refractivity contribution in [1.29, 1.82) is 0 Å². The largest absolute Gasteiger partial charge is 0.358 e. The van der Waals surface area contributed by atoms with E-state index in [4.69, 9.17) is 0 Å². The first kappa shape index (κ1) is 13.4. The van der Waals surface area contributed by atoms with E-state index in [-0.39, 0.29) is 24.0 Å². The first-order valence-corrected chi connectivity index (χ1v) is 6.45. The van der Waals surface area contributed by atoms with Crippen LogP contribution < -0.4 is 10.6 Å². The molecule has 14 heavy (non-hydrogen) atoms. The SMILES string of the molecule is CCCS(=O)(=O)CCNCC(=O)NC. The smallest absolute Gasteiger partial charge is 0.233 e. The van der Waals surface area contributed by atoms with Crippen LogP contribution in [0.25, 0.3) is 0 Å². The van der Waals surface area contributed by atoms with Crippen molar-refractivity contribution < 1.29 is 13.2 Å². The number of carbonyl (C=O) groups excluding carboxylic acids is 1. The number of amides is 1. The van der Waals surface area contributed by atoms with Gasteiger partial charge in [0.25, 0.3) is 0 Å². The quantitative estimate of drug-likeness (QED) is 0.550. The van der Waals surface area contributed by atoms with Crippen LogP contribution in [0, 0.1) is 0 Å². The average molecular weight is 222 g/mol. The van der Waals surface area contributed by atoms with Gasteiger partial charge in [-0.3, -0.25) is 4.79 Å². The molecule has 6 heteroatoms. The molecule has 0 aromatic rings. The minimum Gasteiger partial charge on any atom is -0.358 e. The Morgan fingerprint density at radius 1 is 1.29 bits per heavy atom. The van der Waals surface area contributed by atoms with Crippen molar-refractivity contribution in [2.75, 3.05) is 31.6 Å². The minimum atomic E-state index is -2.93. The molecule has 0 spiro atoms. The van der Waals surface area contributed by atoms with Gasteiger partial charge < -0.3 is 10.6 Å². The molecule has 5 nitrogen and oxygen atoms in total. The van der Waals surface area contributed by atoms with Crippen LogP contribution in [0.2, 0.25) is 0 Å². The van der Waals surface area contributed by atoms with E-state index in [2.05, 4.69) is 10.6 Å². The molecule has 0 fully saturated rings. The molecule has 0 aliphatic heterocycles. The number of hydrogen-bond donors (Lipinski definition) is 2. The highest BCUT2D eigenvalue weighted by Crippen LogP contribution is 1.91. The number of sulfone groups is 1. The third-order valence-electron chi connectivity index (χ3n) is 1.67. The van der Waals surface area contributed by atoms with E-state index >= 15 is 0 Å². The molecule has 0 radical (unpaired) electrons. The van der Waals surface area contributed by atoms with Crippen molar-refractivity contribution in [2.24, 2.45) is 0 Å². The lowest BCUT2D eigenvalue weighted by Crippen LogP contribution is -2.34. The molecular weight excluding hydrogens is 204 g/mol. The molecule has 2 N–H and O–H groups in total. The summed E-state index contributed by atoms with van der Waals surface area (Å²) in [5.41, 5.74) is 0. The Hall–Kier alpha value is -0.620. The summed E-state index contributed by atoms with van der Waals surface area (Å²) in [5, 5.41) is 5.20. The molecular formula is C8H18N2O3S. The lowest BCUT2D eigenvalue weighted by Gasteiger charge is -2.04. The van der Waals surface area contributed by atoms with Crippen LogP contribution in [0.1, 0.15) is 13.3 Å². The van der Waals surface area contributed by atoms with Gasteiger partial charge in [0.15, 0.2) is 9.84 Å². The molecule has 0 heterocycles. The number of rotatable bonds is 7. The van der Waals surface area contributed by atoms with E-state index in [1.165, 1.54) is 7.05 Å². The normalized spacial score (nSPS) is 11.3. The van der Waals surface area contributed by atoms with Gasteiger partial charge >= 0.3 is 0 Å². The zero-order chi connectivity index (χ0) is 11.0. The van der Waals surface area contributed by atoms with Crippen molar-refractivity contribution in [3.8, 4) is 0 Å². The number of carbonyl (C=O) groups is 1. The minimum absolute atomic E-state index is 0.0951. The van der Waals surface area contributed by atoms with Gasteiger partial charge in [0.2, 0.25) is 5.91 Å². The number of hydrogen-bond acceptors (Lipinski definition) is 4. The highest BCUT2D eigenvalue weighted by molar-refractivity contribution is 7.91. The highest BCUT2D eigenvalue weighted by Gasteiger charge is 2.08. The van der Waals surface area contributed by atoms with Crippen LogP contribution in [0.15, 0.2) is 0 Å². The topological polar surface area (TPSA) is 75.3 Å². The van der Waals surface area contributed by atoms with E-state index < -0.39 is 9.84 Å². The lowest BCUT2D eigenvalue weighted by atomic mass is 10.5. The van der Waals surface area contributed by atoms with Gasteiger partial charge in [0.1, 0.15) is 0 Å². The molecule has 0 saturated heterocycles. The zero-order valence-corrected chi connectivity index (χ0v) is 9.49. The summed E-state index contributed by atoms with van der Waals surface area (Å²) in [6.45, 7) is 2.32. The fourth-order valence-electron chi connectivity index (χ4n) is 0.931. The fourth-order valence-corrected chi connectivity index (χ4v) is 2.21. The second-order valence-electron chi connectivity index (χ2n) is 3.00. The van der Waals surface area contributed by atoms with Crippen molar-refractivity contribution >= 4 is 15.7 Å². The number of nitrogens with one attached hydrogen (secondary N) is 2. The van der Waals surface area contributed by atoms with Crippen LogP contribution >= 0.6 is 0 Å². The van der Waals surface area contributed by atoms with E-state index in [1.807, 2.05) is 6.92 Å². The molecule has 0 aliphatic rings. The molecule has 84 valence electrons. The monoisotopic (exact) mass is 222 g/mol. The lowest BCUT2D eigenvalue weighted by molar-refractivity contribution is -0.119. The van der Waals surface area contributed by atoms with Gasteiger partial charge in [-0.2, -0.15) is 0 Å². The summed E-state index contributed by atoms with van der Waals surface area (Å²) in [6, 6.07) is 0. The fraction of sp³-hybridized carbons (Fsp3) is 0.875. The Morgan fingerprint density at radius 3 is 2.43 bits per heavy atom. The molecule has 0 atom stereocenters. The van der Waals surface area contributed by atoms with E-state index in [1.54, 1.807) is 0 Å². The van der Waals surface area contributed by atoms with Gasteiger partial charge in [0, 0.05) is 19.3 Å². The Morgan fingerprint density at radius 2 is 1.93 bits per heavy atom. The van der Waals surface area contributed by atoms with E-state index in [0.717, 1.165) is 0 Å². The second-order valence-corrected chi connectivity index (χ2v) is 5.31. The maximum Gasteiger partial charge on any atom is 0.233 e. The maximum absolute atomic E-state index is 11.2. The van der Waals surface area contributed by atoms with Crippen LogP contribution in [0.5, 0.6) is 0 Å². The van der Waals surface area contributed by atoms with Gasteiger partial charge in [0.05, 0.1) is 12.3 Å². The molecule has 0 aliphatic carbocycles. The van der Waals surface area contributed by atoms with Gasteiger partial charge in [-0.1, -0.05) is 6.92 Å². The molecule has 0 saturated carbocycles. The Balaban J connectivity index is 3.59. The average Bonchev–Trinajstić information content (AvgIpc) is 2.12. The van der Waals surface area contributed by atoms with Gasteiger partial charge in [-0.15, -0.1) is 0 Å². The summed E-state index contributed by atoms with van der Waals surface area (Å²) in [5.74, 6) is 0.171. The van der Waals surface area contributed by atoms with Crippen molar-refractivity contribution in [3.63, 3.8) is 0 Å². The second kappa shape index (κ2) is 6.78. The van der Waals surface area contributed by atoms with Crippen LogP contribution in [0.3, 0.4) is 0 Å². The third kappa shape index (κ3) is 6.85. The van der Waals surface area contributed by atoms with Crippen LogP contribution in [-0.2, 0) is 14.6 Å². The van der Waals surface area contributed by atoms with Crippen molar-refractivity contribution in [3.05, 3.63) is 0 Å². The summed E-state index contributed by atoms with van der Waals surface area (Å²) in [7, 11) is -1.39. The zero-order valence-electron chi connectivity index (χ0n) is 8.67. The molecule has 1 amide bonds. The predicted molar refractivity (Wildman–Crippen MR) is 55.9 cm³/mol. The molecule has 0 bridgehead atoms. The molecule has 0 rings (SSSR count). The first-order valence-electron chi connectivity index (χ1n) is 4.63. The molecule has 0 aromatic heterocycles. The molecule has 0 unspecified atom stereocenters. The Bertz CT molecular complexity index is 262. The summed E-state index contributed by atoms with van der Waals surface area (Å²) >= 11 is 0. The summed E-state index contributed by atoms with van der Waals surface area (Å²) < 4.78 is 22.4. The number of likely N-dealkylation sites (N-methyl/N-ethyl adjacent to an activating group) is 1. The highest BCUT2D eigenvalue weighted by atomic mass is 32.2. The third-order valence-corrected chi connectivity index (χ3v) is 3.53. The first-order chi connectivity index (χ1) is 6.52. The van der Waals surface area contributed by atoms with Crippen LogP contribution in [-0.4, -0.2) is 46.0 Å². The van der Waals surface area contributed by atoms with Gasteiger partial charge in [-0.05, 0) is 6.42 Å². The maximum atomic E-state index is 11.2. The van der Waals surface area contributed by atoms with E-state index in [0.29, 0.717) is 13.0 Å². The predicted octanol–water partition coefficient (Wildman–Crippen LogP) is -0.853. The van der Waals surface area contributed by atoms with E-state index in [9.17, 15) is 13.2 Å². The summed E-state index contributed by atoms with van der Waals surface area (Å²) in [6.07, 6.45) is 0.637. The van der Waals surface area contributed by atoms with Crippen LogP contribution in [0.4, 0.5) is 0 Å². The summed E-state index contributed by atoms with van der Waals surface area (Å²) in [4.78, 5) is 10.7. The Labute approximate surface area is 85.2 Å². The van der Waals surface area contributed by atoms with Crippen molar-refractivity contribution in [1.82, 2.24) is 10.6 Å². The van der Waals surface area contributed by atoms with Gasteiger partial charge in [-0.25, -0.2) is 8.42 Å².